The third kappa shape index (κ3) is 4.38. The number of carbonyl (C=O) groups excluding carboxylic acids is 2. The van der Waals surface area contributed by atoms with Gasteiger partial charge >= 0.3 is 0 Å². The second-order valence-corrected chi connectivity index (χ2v) is 5.31. The number of benzene rings is 1. The number of amides is 2. The summed E-state index contributed by atoms with van der Waals surface area (Å²) in [5.41, 5.74) is 0.525. The van der Waals surface area contributed by atoms with Crippen LogP contribution in [0.1, 0.15) is 24.2 Å². The van der Waals surface area contributed by atoms with Crippen LogP contribution in [0.3, 0.4) is 0 Å². The third-order valence-corrected chi connectivity index (χ3v) is 3.43. The van der Waals surface area contributed by atoms with E-state index in [2.05, 4.69) is 17.2 Å². The lowest BCUT2D eigenvalue weighted by Crippen LogP contribution is -2.32. The average molecular weight is 295 g/mol. The lowest BCUT2D eigenvalue weighted by molar-refractivity contribution is -0.122. The molecule has 0 aliphatic heterocycles. The predicted octanol–water partition coefficient (Wildman–Crippen LogP) is 2.81. The van der Waals surface area contributed by atoms with Crippen LogP contribution in [0.15, 0.2) is 36.9 Å². The molecule has 20 heavy (non-hydrogen) atoms. The lowest BCUT2D eigenvalue weighted by atomic mass is 9.95. The van der Waals surface area contributed by atoms with Gasteiger partial charge in [-0.25, -0.2) is 0 Å². The Morgan fingerprint density at radius 3 is 2.40 bits per heavy atom. The zero-order chi connectivity index (χ0) is 15.2. The SMILES string of the molecule is C=CCNC(=O)c1ccc(NC(=O)C(C)(C)CCl)cc1. The van der Waals surface area contributed by atoms with Gasteiger partial charge in [0.2, 0.25) is 5.91 Å². The molecule has 1 aromatic carbocycles. The Morgan fingerprint density at radius 2 is 1.90 bits per heavy atom. The molecule has 0 radical (unpaired) electrons. The maximum Gasteiger partial charge on any atom is 0.251 e. The highest BCUT2D eigenvalue weighted by Crippen LogP contribution is 2.20. The van der Waals surface area contributed by atoms with Crippen LogP contribution in [0.5, 0.6) is 0 Å². The predicted molar refractivity (Wildman–Crippen MR) is 82.1 cm³/mol. The Hall–Kier alpha value is -1.81. The molecule has 0 aliphatic rings. The van der Waals surface area contributed by atoms with Crippen molar-refractivity contribution in [2.75, 3.05) is 17.7 Å². The zero-order valence-electron chi connectivity index (χ0n) is 11.7. The van der Waals surface area contributed by atoms with Gasteiger partial charge in [-0.3, -0.25) is 9.59 Å². The number of carbonyl (C=O) groups is 2. The second-order valence-electron chi connectivity index (χ2n) is 5.05. The van der Waals surface area contributed by atoms with Gasteiger partial charge in [-0.1, -0.05) is 6.08 Å². The Morgan fingerprint density at radius 1 is 1.30 bits per heavy atom. The molecule has 1 aromatic rings. The highest BCUT2D eigenvalue weighted by atomic mass is 35.5. The molecule has 108 valence electrons. The minimum atomic E-state index is -0.637. The van der Waals surface area contributed by atoms with E-state index in [4.69, 9.17) is 11.6 Å². The minimum absolute atomic E-state index is 0.156. The lowest BCUT2D eigenvalue weighted by Gasteiger charge is -2.20. The molecule has 0 fully saturated rings. The number of hydrogen-bond acceptors (Lipinski definition) is 2. The van der Waals surface area contributed by atoms with Crippen LogP contribution < -0.4 is 10.6 Å². The van der Waals surface area contributed by atoms with Gasteiger partial charge in [0.25, 0.3) is 5.91 Å². The summed E-state index contributed by atoms with van der Waals surface area (Å²) in [4.78, 5) is 23.6. The number of anilines is 1. The summed E-state index contributed by atoms with van der Waals surface area (Å²) in [6, 6.07) is 6.68. The van der Waals surface area contributed by atoms with Crippen LogP contribution in [0.4, 0.5) is 5.69 Å². The van der Waals surface area contributed by atoms with Crippen LogP contribution in [-0.2, 0) is 4.79 Å². The number of hydrogen-bond donors (Lipinski definition) is 2. The first-order valence-electron chi connectivity index (χ1n) is 6.27. The maximum atomic E-state index is 11.9. The Labute approximate surface area is 124 Å². The van der Waals surface area contributed by atoms with Gasteiger partial charge in [-0.15, -0.1) is 18.2 Å². The summed E-state index contributed by atoms with van der Waals surface area (Å²) < 4.78 is 0. The molecule has 0 aromatic heterocycles. The number of nitrogens with one attached hydrogen (secondary N) is 2. The molecular weight excluding hydrogens is 276 g/mol. The minimum Gasteiger partial charge on any atom is -0.349 e. The van der Waals surface area contributed by atoms with Crippen molar-refractivity contribution in [3.05, 3.63) is 42.5 Å². The largest absolute Gasteiger partial charge is 0.349 e. The van der Waals surface area contributed by atoms with Gasteiger partial charge in [0.1, 0.15) is 0 Å². The molecule has 0 bridgehead atoms. The third-order valence-electron chi connectivity index (χ3n) is 2.76. The zero-order valence-corrected chi connectivity index (χ0v) is 12.5. The van der Waals surface area contributed by atoms with E-state index >= 15 is 0 Å². The standard InChI is InChI=1S/C15H19ClN2O2/c1-4-9-17-13(19)11-5-7-12(8-6-11)18-14(20)15(2,3)10-16/h4-8H,1,9-10H2,2-3H3,(H,17,19)(H,18,20). The molecule has 0 spiro atoms. The maximum absolute atomic E-state index is 11.9. The van der Waals surface area contributed by atoms with Gasteiger partial charge in [0.15, 0.2) is 0 Å². The molecule has 0 saturated heterocycles. The van der Waals surface area contributed by atoms with Gasteiger partial charge in [0.05, 0.1) is 5.41 Å². The quantitative estimate of drug-likeness (QED) is 0.626. The molecule has 2 amide bonds. The molecule has 1 rings (SSSR count). The molecule has 5 heteroatoms. The summed E-state index contributed by atoms with van der Waals surface area (Å²) in [7, 11) is 0. The molecule has 2 N–H and O–H groups in total. The summed E-state index contributed by atoms with van der Waals surface area (Å²) in [6.07, 6.45) is 1.61. The Bertz CT molecular complexity index is 495. The average Bonchev–Trinajstić information content (AvgIpc) is 2.45. The van der Waals surface area contributed by atoms with E-state index in [0.717, 1.165) is 0 Å². The summed E-state index contributed by atoms with van der Waals surface area (Å²) >= 11 is 5.75. The van der Waals surface area contributed by atoms with Gasteiger partial charge < -0.3 is 10.6 Å². The first-order chi connectivity index (χ1) is 9.40. The Balaban J connectivity index is 2.70. The van der Waals surface area contributed by atoms with Crippen molar-refractivity contribution in [1.82, 2.24) is 5.32 Å². The molecular formula is C15H19ClN2O2. The highest BCUT2D eigenvalue weighted by molar-refractivity contribution is 6.20. The molecule has 0 unspecified atom stereocenters. The topological polar surface area (TPSA) is 58.2 Å². The van der Waals surface area contributed by atoms with Crippen molar-refractivity contribution in [3.8, 4) is 0 Å². The molecule has 0 saturated carbocycles. The van der Waals surface area contributed by atoms with Crippen molar-refractivity contribution in [2.24, 2.45) is 5.41 Å². The fraction of sp³-hybridized carbons (Fsp3) is 0.333. The van der Waals surface area contributed by atoms with Crippen molar-refractivity contribution >= 4 is 29.1 Å². The molecule has 0 heterocycles. The summed E-state index contributed by atoms with van der Waals surface area (Å²) in [5.74, 6) is -0.0961. The van der Waals surface area contributed by atoms with Crippen molar-refractivity contribution < 1.29 is 9.59 Å². The van der Waals surface area contributed by atoms with E-state index in [1.165, 1.54) is 0 Å². The van der Waals surface area contributed by atoms with Crippen molar-refractivity contribution in [2.45, 2.75) is 13.8 Å². The fourth-order valence-corrected chi connectivity index (χ4v) is 1.45. The first kappa shape index (κ1) is 16.2. The van der Waals surface area contributed by atoms with Crippen molar-refractivity contribution in [1.29, 1.82) is 0 Å². The number of alkyl halides is 1. The van der Waals surface area contributed by atoms with Crippen LogP contribution in [0, 0.1) is 5.41 Å². The van der Waals surface area contributed by atoms with E-state index < -0.39 is 5.41 Å². The monoisotopic (exact) mass is 294 g/mol. The van der Waals surface area contributed by atoms with Gasteiger partial charge in [-0.05, 0) is 38.1 Å². The van der Waals surface area contributed by atoms with Crippen LogP contribution in [0.2, 0.25) is 0 Å². The van der Waals surface area contributed by atoms with Gasteiger partial charge in [0, 0.05) is 23.7 Å². The second kappa shape index (κ2) is 7.10. The molecule has 4 nitrogen and oxygen atoms in total. The fourth-order valence-electron chi connectivity index (χ4n) is 1.33. The van der Waals surface area contributed by atoms with E-state index in [1.807, 2.05) is 0 Å². The highest BCUT2D eigenvalue weighted by Gasteiger charge is 2.26. The number of halogens is 1. The normalized spacial score (nSPS) is 10.8. The van der Waals surface area contributed by atoms with Crippen molar-refractivity contribution in [3.63, 3.8) is 0 Å². The van der Waals surface area contributed by atoms with E-state index in [9.17, 15) is 9.59 Å². The molecule has 0 atom stereocenters. The number of rotatable bonds is 6. The summed E-state index contributed by atoms with van der Waals surface area (Å²) in [5, 5.41) is 5.45. The Kier molecular flexibility index (Phi) is 5.77. The van der Waals surface area contributed by atoms with E-state index in [0.29, 0.717) is 17.8 Å². The van der Waals surface area contributed by atoms with Gasteiger partial charge in [-0.2, -0.15) is 0 Å². The molecule has 0 aliphatic carbocycles. The van der Waals surface area contributed by atoms with E-state index in [1.54, 1.807) is 44.2 Å². The summed E-state index contributed by atoms with van der Waals surface area (Å²) in [6.45, 7) is 7.49. The smallest absolute Gasteiger partial charge is 0.251 e. The first-order valence-corrected chi connectivity index (χ1v) is 6.81. The van der Waals surface area contributed by atoms with Crippen LogP contribution in [-0.4, -0.2) is 24.2 Å². The van der Waals surface area contributed by atoms with E-state index in [-0.39, 0.29) is 17.7 Å². The van der Waals surface area contributed by atoms with Crippen LogP contribution in [0.25, 0.3) is 0 Å². The van der Waals surface area contributed by atoms with Crippen LogP contribution >= 0.6 is 11.6 Å².